The van der Waals surface area contributed by atoms with Crippen LogP contribution >= 0.6 is 0 Å². The van der Waals surface area contributed by atoms with Crippen LogP contribution in [0.3, 0.4) is 0 Å². The molecule has 1 unspecified atom stereocenters. The number of nitro benzene ring substituents is 1. The number of benzene rings is 2. The van der Waals surface area contributed by atoms with Crippen molar-refractivity contribution in [1.82, 2.24) is 4.98 Å². The van der Waals surface area contributed by atoms with Crippen LogP contribution in [-0.4, -0.2) is 26.7 Å². The van der Waals surface area contributed by atoms with E-state index in [9.17, 15) is 33.6 Å². The number of pyridine rings is 1. The summed E-state index contributed by atoms with van der Waals surface area (Å²) in [6, 6.07) is 9.05. The molecule has 0 spiro atoms. The molecule has 8 nitrogen and oxygen atoms in total. The molecule has 1 saturated heterocycles. The summed E-state index contributed by atoms with van der Waals surface area (Å²) in [5, 5.41) is 22.0. The first-order valence-corrected chi connectivity index (χ1v) is 9.20. The Morgan fingerprint density at radius 3 is 2.44 bits per heavy atom. The Morgan fingerprint density at radius 2 is 1.78 bits per heavy atom. The number of hydrogen-bond donors (Lipinski definition) is 1. The van der Waals surface area contributed by atoms with E-state index in [-0.39, 0.29) is 16.9 Å². The number of aliphatic hydroxyl groups is 1. The molecule has 1 amide bonds. The van der Waals surface area contributed by atoms with Crippen LogP contribution in [0.25, 0.3) is 5.76 Å². The summed E-state index contributed by atoms with van der Waals surface area (Å²) >= 11 is 0. The maximum atomic E-state index is 14.6. The molecule has 10 heteroatoms. The van der Waals surface area contributed by atoms with E-state index in [2.05, 4.69) is 4.98 Å². The summed E-state index contributed by atoms with van der Waals surface area (Å²) < 4.78 is 28.0. The zero-order valence-corrected chi connectivity index (χ0v) is 16.1. The summed E-state index contributed by atoms with van der Waals surface area (Å²) in [6.45, 7) is 0. The van der Waals surface area contributed by atoms with Crippen molar-refractivity contribution in [2.75, 3.05) is 4.90 Å². The average molecular weight is 437 g/mol. The maximum absolute atomic E-state index is 14.6. The topological polar surface area (TPSA) is 114 Å². The van der Waals surface area contributed by atoms with Gasteiger partial charge in [-0.25, -0.2) is 8.78 Å². The van der Waals surface area contributed by atoms with E-state index in [0.717, 1.165) is 23.1 Å². The summed E-state index contributed by atoms with van der Waals surface area (Å²) in [5.74, 6) is -4.90. The fourth-order valence-electron chi connectivity index (χ4n) is 3.54. The van der Waals surface area contributed by atoms with E-state index < -0.39 is 45.6 Å². The molecule has 0 aliphatic carbocycles. The van der Waals surface area contributed by atoms with Gasteiger partial charge in [0.1, 0.15) is 17.4 Å². The Kier molecular flexibility index (Phi) is 5.19. The fraction of sp³-hybridized carbons (Fsp3) is 0.0455. The van der Waals surface area contributed by atoms with Crippen LogP contribution in [0.15, 0.2) is 72.6 Å². The quantitative estimate of drug-likeness (QED) is 0.218. The number of nitrogens with zero attached hydrogens (tertiary/aromatic N) is 3. The number of hydrogen-bond acceptors (Lipinski definition) is 6. The zero-order chi connectivity index (χ0) is 23.0. The lowest BCUT2D eigenvalue weighted by molar-refractivity contribution is -0.384. The predicted octanol–water partition coefficient (Wildman–Crippen LogP) is 3.89. The van der Waals surface area contributed by atoms with Crippen molar-refractivity contribution >= 4 is 28.8 Å². The molecule has 1 aliphatic rings. The minimum Gasteiger partial charge on any atom is -0.507 e. The fourth-order valence-corrected chi connectivity index (χ4v) is 3.54. The van der Waals surface area contributed by atoms with Gasteiger partial charge in [0.05, 0.1) is 22.2 Å². The number of aromatic nitrogens is 1. The van der Waals surface area contributed by atoms with Gasteiger partial charge < -0.3 is 5.11 Å². The van der Waals surface area contributed by atoms with Gasteiger partial charge in [-0.05, 0) is 29.8 Å². The molecule has 0 saturated carbocycles. The standard InChI is InChI=1S/C22H13F2N3O5/c23-14-4-5-17(16(24)11-14)26-19(12-6-8-25-9-7-12)18(21(29)22(26)30)20(28)13-2-1-3-15(10-13)27(31)32/h1-11,19,28H/b20-18+. The lowest BCUT2D eigenvalue weighted by Crippen LogP contribution is -2.30. The molecular weight excluding hydrogens is 424 g/mol. The van der Waals surface area contributed by atoms with Crippen LogP contribution in [0.2, 0.25) is 0 Å². The number of amides is 1. The number of Topliss-reactive ketones (excluding diaryl/α,β-unsaturated/α-hetero) is 1. The van der Waals surface area contributed by atoms with Crippen molar-refractivity contribution in [3.05, 3.63) is 105 Å². The minimum atomic E-state index is -1.28. The molecule has 160 valence electrons. The summed E-state index contributed by atoms with van der Waals surface area (Å²) in [5.41, 5.74) is -0.863. The van der Waals surface area contributed by atoms with E-state index in [4.69, 9.17) is 0 Å². The third kappa shape index (κ3) is 3.47. The van der Waals surface area contributed by atoms with E-state index in [1.807, 2.05) is 0 Å². The normalized spacial score (nSPS) is 17.6. The Bertz CT molecular complexity index is 1290. The largest absolute Gasteiger partial charge is 0.507 e. The van der Waals surface area contributed by atoms with Gasteiger partial charge in [0.2, 0.25) is 0 Å². The van der Waals surface area contributed by atoms with Crippen molar-refractivity contribution in [2.45, 2.75) is 6.04 Å². The Labute approximate surface area is 179 Å². The third-order valence-electron chi connectivity index (χ3n) is 4.97. The molecule has 0 bridgehead atoms. The highest BCUT2D eigenvalue weighted by Gasteiger charge is 2.47. The van der Waals surface area contributed by atoms with Crippen molar-refractivity contribution in [1.29, 1.82) is 0 Å². The molecule has 2 heterocycles. The van der Waals surface area contributed by atoms with Crippen LogP contribution in [0.1, 0.15) is 17.2 Å². The van der Waals surface area contributed by atoms with E-state index in [1.165, 1.54) is 42.7 Å². The van der Waals surface area contributed by atoms with Gasteiger partial charge in [-0.2, -0.15) is 0 Å². The highest BCUT2D eigenvalue weighted by Crippen LogP contribution is 2.43. The second kappa shape index (κ2) is 7.99. The molecule has 4 rings (SSSR count). The van der Waals surface area contributed by atoms with Crippen molar-refractivity contribution in [3.8, 4) is 0 Å². The number of rotatable bonds is 4. The highest BCUT2D eigenvalue weighted by atomic mass is 19.1. The molecule has 1 fully saturated rings. The van der Waals surface area contributed by atoms with Crippen LogP contribution in [0.4, 0.5) is 20.2 Å². The Hall–Kier alpha value is -4.47. The number of halogens is 2. The smallest absolute Gasteiger partial charge is 0.300 e. The Morgan fingerprint density at radius 1 is 1.06 bits per heavy atom. The number of nitro groups is 1. The lowest BCUT2D eigenvalue weighted by atomic mass is 9.95. The zero-order valence-electron chi connectivity index (χ0n) is 16.1. The number of carbonyl (C=O) groups is 2. The van der Waals surface area contributed by atoms with Crippen molar-refractivity contribution in [3.63, 3.8) is 0 Å². The molecule has 1 atom stereocenters. The molecule has 1 N–H and O–H groups in total. The first-order valence-electron chi connectivity index (χ1n) is 9.20. The Balaban J connectivity index is 1.96. The molecule has 0 radical (unpaired) electrons. The molecule has 3 aromatic rings. The first kappa shape index (κ1) is 20.8. The minimum absolute atomic E-state index is 0.0733. The van der Waals surface area contributed by atoms with Gasteiger partial charge in [-0.15, -0.1) is 0 Å². The van der Waals surface area contributed by atoms with Gasteiger partial charge in [-0.1, -0.05) is 12.1 Å². The first-order chi connectivity index (χ1) is 15.3. The number of ketones is 1. The second-order valence-electron chi connectivity index (χ2n) is 6.85. The monoisotopic (exact) mass is 437 g/mol. The second-order valence-corrected chi connectivity index (χ2v) is 6.85. The highest BCUT2D eigenvalue weighted by molar-refractivity contribution is 6.51. The number of anilines is 1. The van der Waals surface area contributed by atoms with Crippen molar-refractivity contribution < 1.29 is 28.4 Å². The summed E-state index contributed by atoms with van der Waals surface area (Å²) in [7, 11) is 0. The van der Waals surface area contributed by atoms with Gasteiger partial charge >= 0.3 is 0 Å². The average Bonchev–Trinajstić information content (AvgIpc) is 3.04. The molecule has 2 aromatic carbocycles. The molecule has 1 aliphatic heterocycles. The van der Waals surface area contributed by atoms with Crippen LogP contribution < -0.4 is 4.90 Å². The lowest BCUT2D eigenvalue weighted by Gasteiger charge is -2.25. The number of non-ortho nitro benzene ring substituents is 1. The summed E-state index contributed by atoms with van der Waals surface area (Å²) in [4.78, 5) is 40.9. The van der Waals surface area contributed by atoms with E-state index >= 15 is 0 Å². The molecule has 32 heavy (non-hydrogen) atoms. The van der Waals surface area contributed by atoms with E-state index in [0.29, 0.717) is 11.6 Å². The van der Waals surface area contributed by atoms with Gasteiger partial charge in [0.15, 0.2) is 0 Å². The van der Waals surface area contributed by atoms with E-state index in [1.54, 1.807) is 0 Å². The third-order valence-corrected chi connectivity index (χ3v) is 4.97. The van der Waals surface area contributed by atoms with Crippen LogP contribution in [-0.2, 0) is 9.59 Å². The van der Waals surface area contributed by atoms with Crippen molar-refractivity contribution in [2.24, 2.45) is 0 Å². The van der Waals surface area contributed by atoms with Gasteiger partial charge in [0.25, 0.3) is 17.4 Å². The van der Waals surface area contributed by atoms with Gasteiger partial charge in [-0.3, -0.25) is 29.6 Å². The maximum Gasteiger partial charge on any atom is 0.300 e. The summed E-state index contributed by atoms with van der Waals surface area (Å²) in [6.07, 6.45) is 2.76. The molecular formula is C22H13F2N3O5. The number of carbonyl (C=O) groups excluding carboxylic acids is 2. The molecule has 1 aromatic heterocycles. The SMILES string of the molecule is O=C1C(=O)N(c2ccc(F)cc2F)C(c2ccncc2)/C1=C(\O)c1cccc([N+](=O)[O-])c1. The predicted molar refractivity (Wildman–Crippen MR) is 108 cm³/mol. The van der Waals surface area contributed by atoms with Crippen LogP contribution in [0.5, 0.6) is 0 Å². The van der Waals surface area contributed by atoms with Crippen LogP contribution in [0, 0.1) is 21.7 Å². The number of aliphatic hydroxyl groups excluding tert-OH is 1. The van der Waals surface area contributed by atoms with Gasteiger partial charge in [0, 0.05) is 36.2 Å².